The molecule has 0 fully saturated rings. The summed E-state index contributed by atoms with van der Waals surface area (Å²) >= 11 is 11.2. The fourth-order valence-corrected chi connectivity index (χ4v) is 1.14. The van der Waals surface area contributed by atoms with Crippen molar-refractivity contribution in [3.63, 3.8) is 0 Å². The fraction of sp³-hybridized carbons (Fsp3) is 0.167. The Bertz CT molecular complexity index is 295. The van der Waals surface area contributed by atoms with Crippen molar-refractivity contribution in [2.45, 2.75) is 0 Å². The fourth-order valence-electron chi connectivity index (χ4n) is 0.657. The minimum atomic E-state index is -0.398. The Hall–Kier alpha value is -0.870. The van der Waals surface area contributed by atoms with Crippen molar-refractivity contribution < 1.29 is 4.79 Å². The van der Waals surface area contributed by atoms with E-state index >= 15 is 0 Å². The summed E-state index contributed by atoms with van der Waals surface area (Å²) in [4.78, 5) is 18.3. The van der Waals surface area contributed by atoms with E-state index in [1.807, 2.05) is 0 Å². The molecule has 0 bridgehead atoms. The lowest BCUT2D eigenvalue weighted by Crippen LogP contribution is -2.19. The van der Waals surface area contributed by atoms with Gasteiger partial charge < -0.3 is 5.32 Å². The van der Waals surface area contributed by atoms with Crippen LogP contribution in [-0.4, -0.2) is 22.9 Å². The molecular weight excluding hydrogens is 201 g/mol. The molecular formula is C6H5Cl2N3O. The van der Waals surface area contributed by atoms with E-state index < -0.39 is 5.91 Å². The number of carbonyl (C=O) groups is 1. The van der Waals surface area contributed by atoms with Gasteiger partial charge >= 0.3 is 0 Å². The molecule has 0 aromatic carbocycles. The third kappa shape index (κ3) is 1.65. The average molecular weight is 206 g/mol. The average Bonchev–Trinajstić information content (AvgIpc) is 2.03. The zero-order chi connectivity index (χ0) is 9.14. The third-order valence-corrected chi connectivity index (χ3v) is 1.78. The van der Waals surface area contributed by atoms with Crippen LogP contribution in [0.3, 0.4) is 0 Å². The summed E-state index contributed by atoms with van der Waals surface area (Å²) in [6.07, 6.45) is 1.19. The van der Waals surface area contributed by atoms with Crippen LogP contribution in [0.4, 0.5) is 0 Å². The van der Waals surface area contributed by atoms with Gasteiger partial charge in [-0.05, 0) is 0 Å². The van der Waals surface area contributed by atoms with Crippen molar-refractivity contribution >= 4 is 29.1 Å². The Labute approximate surface area is 78.9 Å². The number of halogens is 2. The molecule has 1 aromatic heterocycles. The van der Waals surface area contributed by atoms with Crippen molar-refractivity contribution in [1.82, 2.24) is 15.3 Å². The topological polar surface area (TPSA) is 54.9 Å². The first-order chi connectivity index (χ1) is 5.66. The molecule has 12 heavy (non-hydrogen) atoms. The molecule has 0 aliphatic carbocycles. The molecule has 6 heteroatoms. The highest BCUT2D eigenvalue weighted by Crippen LogP contribution is 2.18. The predicted molar refractivity (Wildman–Crippen MR) is 45.4 cm³/mol. The van der Waals surface area contributed by atoms with Crippen molar-refractivity contribution in [2.24, 2.45) is 0 Å². The van der Waals surface area contributed by atoms with Gasteiger partial charge in [-0.25, -0.2) is 9.97 Å². The third-order valence-electron chi connectivity index (χ3n) is 1.21. The molecule has 1 N–H and O–H groups in total. The lowest BCUT2D eigenvalue weighted by molar-refractivity contribution is 0.0962. The molecule has 64 valence electrons. The molecule has 1 heterocycles. The first-order valence-corrected chi connectivity index (χ1v) is 3.80. The van der Waals surface area contributed by atoms with Gasteiger partial charge in [0.25, 0.3) is 5.91 Å². The van der Waals surface area contributed by atoms with Crippen LogP contribution in [0, 0.1) is 0 Å². The molecule has 0 radical (unpaired) electrons. The molecule has 1 rings (SSSR count). The van der Waals surface area contributed by atoms with Gasteiger partial charge in [0.05, 0.1) is 0 Å². The maximum atomic E-state index is 11.1. The van der Waals surface area contributed by atoms with Crippen LogP contribution in [-0.2, 0) is 0 Å². The van der Waals surface area contributed by atoms with E-state index in [0.29, 0.717) is 0 Å². The van der Waals surface area contributed by atoms with Crippen molar-refractivity contribution in [3.05, 3.63) is 22.2 Å². The molecule has 0 unspecified atom stereocenters. The summed E-state index contributed by atoms with van der Waals surface area (Å²) < 4.78 is 0. The molecule has 0 aliphatic heterocycles. The Balaban J connectivity index is 3.21. The van der Waals surface area contributed by atoms with E-state index in [4.69, 9.17) is 23.2 Å². The molecule has 4 nitrogen and oxygen atoms in total. The van der Waals surface area contributed by atoms with E-state index in [2.05, 4.69) is 15.3 Å². The normalized spacial score (nSPS) is 9.58. The minimum Gasteiger partial charge on any atom is -0.355 e. The van der Waals surface area contributed by atoms with Crippen LogP contribution in [0.5, 0.6) is 0 Å². The summed E-state index contributed by atoms with van der Waals surface area (Å²) in [5.74, 6) is -0.398. The van der Waals surface area contributed by atoms with Gasteiger partial charge in [-0.15, -0.1) is 0 Å². The molecule has 0 aliphatic rings. The highest BCUT2D eigenvalue weighted by atomic mass is 35.5. The van der Waals surface area contributed by atoms with E-state index in [9.17, 15) is 4.79 Å². The highest BCUT2D eigenvalue weighted by Gasteiger charge is 2.14. The number of aromatic nitrogens is 2. The summed E-state index contributed by atoms with van der Waals surface area (Å²) in [6.45, 7) is 0. The van der Waals surface area contributed by atoms with Gasteiger partial charge in [-0.1, -0.05) is 23.2 Å². The molecule has 1 amide bonds. The number of nitrogens with one attached hydrogen (secondary N) is 1. The molecule has 0 saturated carbocycles. The Morgan fingerprint density at radius 3 is 2.33 bits per heavy atom. The number of amides is 1. The Morgan fingerprint density at radius 2 is 1.92 bits per heavy atom. The van der Waals surface area contributed by atoms with Crippen LogP contribution in [0.1, 0.15) is 10.4 Å². The van der Waals surface area contributed by atoms with Crippen molar-refractivity contribution in [3.8, 4) is 0 Å². The summed E-state index contributed by atoms with van der Waals surface area (Å²) in [5, 5.41) is 2.48. The molecule has 0 atom stereocenters. The zero-order valence-corrected chi connectivity index (χ0v) is 7.65. The SMILES string of the molecule is CNC(=O)c1c(Cl)ncnc1Cl. The Morgan fingerprint density at radius 1 is 1.42 bits per heavy atom. The van der Waals surface area contributed by atoms with Crippen LogP contribution in [0.2, 0.25) is 10.3 Å². The highest BCUT2D eigenvalue weighted by molar-refractivity contribution is 6.38. The lowest BCUT2D eigenvalue weighted by Gasteiger charge is -2.01. The number of rotatable bonds is 1. The van der Waals surface area contributed by atoms with Gasteiger partial charge in [0.1, 0.15) is 22.2 Å². The lowest BCUT2D eigenvalue weighted by atomic mass is 10.3. The second-order valence-corrected chi connectivity index (χ2v) is 2.63. The molecule has 0 saturated heterocycles. The smallest absolute Gasteiger partial charge is 0.257 e. The van der Waals surface area contributed by atoms with Crippen molar-refractivity contribution in [2.75, 3.05) is 7.05 Å². The van der Waals surface area contributed by atoms with Crippen LogP contribution in [0.15, 0.2) is 6.33 Å². The maximum absolute atomic E-state index is 11.1. The second-order valence-electron chi connectivity index (χ2n) is 1.91. The van der Waals surface area contributed by atoms with Gasteiger partial charge in [0, 0.05) is 7.05 Å². The number of carbonyl (C=O) groups excluding carboxylic acids is 1. The minimum absolute atomic E-state index is 0.0503. The molecule has 0 spiro atoms. The monoisotopic (exact) mass is 205 g/mol. The largest absolute Gasteiger partial charge is 0.355 e. The quantitative estimate of drug-likeness (QED) is 0.701. The molecule has 1 aromatic rings. The first kappa shape index (κ1) is 9.22. The standard InChI is InChI=1S/C6H5Cl2N3O/c1-9-6(12)3-4(7)10-2-11-5(3)8/h2H,1H3,(H,9,12). The summed E-state index contributed by atoms with van der Waals surface area (Å²) in [5.41, 5.74) is 0.100. The first-order valence-electron chi connectivity index (χ1n) is 3.05. The van der Waals surface area contributed by atoms with Crippen LogP contribution in [0.25, 0.3) is 0 Å². The predicted octanol–water partition coefficient (Wildman–Crippen LogP) is 1.14. The zero-order valence-electron chi connectivity index (χ0n) is 6.14. The summed E-state index contributed by atoms with van der Waals surface area (Å²) in [6, 6.07) is 0. The van der Waals surface area contributed by atoms with Gasteiger partial charge in [0.15, 0.2) is 0 Å². The van der Waals surface area contributed by atoms with Gasteiger partial charge in [-0.2, -0.15) is 0 Å². The van der Waals surface area contributed by atoms with Gasteiger partial charge in [0.2, 0.25) is 0 Å². The van der Waals surface area contributed by atoms with E-state index in [1.54, 1.807) is 0 Å². The van der Waals surface area contributed by atoms with E-state index in [0.717, 1.165) is 0 Å². The van der Waals surface area contributed by atoms with Crippen LogP contribution < -0.4 is 5.32 Å². The van der Waals surface area contributed by atoms with E-state index in [1.165, 1.54) is 13.4 Å². The van der Waals surface area contributed by atoms with Gasteiger partial charge in [-0.3, -0.25) is 4.79 Å². The van der Waals surface area contributed by atoms with Crippen LogP contribution >= 0.6 is 23.2 Å². The maximum Gasteiger partial charge on any atom is 0.257 e. The van der Waals surface area contributed by atoms with E-state index in [-0.39, 0.29) is 15.9 Å². The number of hydrogen-bond acceptors (Lipinski definition) is 3. The number of hydrogen-bond donors (Lipinski definition) is 1. The second kappa shape index (κ2) is 3.69. The number of nitrogens with zero attached hydrogens (tertiary/aromatic N) is 2. The summed E-state index contributed by atoms with van der Waals surface area (Å²) in [7, 11) is 1.47. The Kier molecular flexibility index (Phi) is 2.83. The van der Waals surface area contributed by atoms with Crippen molar-refractivity contribution in [1.29, 1.82) is 0 Å².